The second-order valence-electron chi connectivity index (χ2n) is 6.56. The predicted octanol–water partition coefficient (Wildman–Crippen LogP) is 2.75. The minimum Gasteiger partial charge on any atom is -0.381 e. The number of nitrogens with zero attached hydrogens (tertiary/aromatic N) is 4. The zero-order chi connectivity index (χ0) is 16.2. The van der Waals surface area contributed by atoms with Gasteiger partial charge in [-0.25, -0.2) is 9.97 Å². The lowest BCUT2D eigenvalue weighted by Crippen LogP contribution is -2.31. The lowest BCUT2D eigenvalue weighted by molar-refractivity contribution is 0.193. The zero-order valence-corrected chi connectivity index (χ0v) is 14.7. The maximum Gasteiger partial charge on any atom is 0.132 e. The number of thiophene rings is 1. The first-order valence-corrected chi connectivity index (χ1v) is 9.66. The van der Waals surface area contributed by atoms with Crippen molar-refractivity contribution < 1.29 is 4.74 Å². The van der Waals surface area contributed by atoms with Crippen LogP contribution in [0.1, 0.15) is 29.3 Å². The van der Waals surface area contributed by atoms with Gasteiger partial charge in [-0.3, -0.25) is 4.90 Å². The molecule has 0 saturated carbocycles. The highest BCUT2D eigenvalue weighted by atomic mass is 32.1. The van der Waals surface area contributed by atoms with Crippen LogP contribution in [0.15, 0.2) is 29.9 Å². The van der Waals surface area contributed by atoms with E-state index in [-0.39, 0.29) is 0 Å². The maximum absolute atomic E-state index is 5.50. The Kier molecular flexibility index (Phi) is 5.06. The molecule has 5 nitrogen and oxygen atoms in total. The average molecular weight is 344 g/mol. The number of ether oxygens (including phenoxy) is 1. The van der Waals surface area contributed by atoms with E-state index in [0.29, 0.717) is 5.92 Å². The Morgan fingerprint density at radius 3 is 3.04 bits per heavy atom. The third kappa shape index (κ3) is 3.77. The molecule has 0 aromatic carbocycles. The molecule has 0 radical (unpaired) electrons. The van der Waals surface area contributed by atoms with E-state index in [1.165, 1.54) is 11.3 Å². The van der Waals surface area contributed by atoms with Crippen LogP contribution in [0.25, 0.3) is 0 Å². The topological polar surface area (TPSA) is 41.5 Å². The van der Waals surface area contributed by atoms with Crippen molar-refractivity contribution in [2.24, 2.45) is 0 Å². The molecule has 0 spiro atoms. The third-order valence-electron chi connectivity index (χ3n) is 4.89. The molecule has 0 N–H and O–H groups in total. The van der Waals surface area contributed by atoms with Crippen molar-refractivity contribution in [3.8, 4) is 0 Å². The number of hydrogen-bond donors (Lipinski definition) is 0. The predicted molar refractivity (Wildman–Crippen MR) is 96.6 cm³/mol. The molecule has 0 aliphatic carbocycles. The van der Waals surface area contributed by atoms with E-state index in [1.54, 1.807) is 6.33 Å². The summed E-state index contributed by atoms with van der Waals surface area (Å²) in [6, 6.07) is 6.54. The van der Waals surface area contributed by atoms with Gasteiger partial charge in [0.25, 0.3) is 0 Å². The fraction of sp³-hybridized carbons (Fsp3) is 0.556. The molecule has 128 valence electrons. The Morgan fingerprint density at radius 2 is 2.21 bits per heavy atom. The molecule has 2 aromatic rings. The Balaban J connectivity index is 1.40. The van der Waals surface area contributed by atoms with Crippen LogP contribution in [0.5, 0.6) is 0 Å². The average Bonchev–Trinajstić information content (AvgIpc) is 3.27. The number of anilines is 1. The molecule has 2 aliphatic rings. The molecule has 0 bridgehead atoms. The maximum atomic E-state index is 5.50. The molecule has 1 atom stereocenters. The monoisotopic (exact) mass is 344 g/mol. The molecule has 2 fully saturated rings. The Bertz CT molecular complexity index is 642. The van der Waals surface area contributed by atoms with Crippen LogP contribution in [0, 0.1) is 0 Å². The highest BCUT2D eigenvalue weighted by Crippen LogP contribution is 2.26. The van der Waals surface area contributed by atoms with Crippen molar-refractivity contribution in [1.29, 1.82) is 0 Å². The van der Waals surface area contributed by atoms with Crippen LogP contribution in [-0.4, -0.2) is 54.3 Å². The lowest BCUT2D eigenvalue weighted by Gasteiger charge is -2.23. The van der Waals surface area contributed by atoms with Crippen molar-refractivity contribution >= 4 is 17.2 Å². The van der Waals surface area contributed by atoms with Gasteiger partial charge in [0.2, 0.25) is 0 Å². The highest BCUT2D eigenvalue weighted by molar-refractivity contribution is 7.09. The van der Waals surface area contributed by atoms with E-state index in [1.807, 2.05) is 11.3 Å². The summed E-state index contributed by atoms with van der Waals surface area (Å²) >= 11 is 1.85. The van der Waals surface area contributed by atoms with Gasteiger partial charge in [-0.1, -0.05) is 6.07 Å². The van der Waals surface area contributed by atoms with Gasteiger partial charge in [0.15, 0.2) is 0 Å². The third-order valence-corrected chi connectivity index (χ3v) is 5.75. The molecule has 0 amide bonds. The van der Waals surface area contributed by atoms with Crippen molar-refractivity contribution in [3.63, 3.8) is 0 Å². The van der Waals surface area contributed by atoms with Crippen LogP contribution in [-0.2, 0) is 11.3 Å². The first-order chi connectivity index (χ1) is 11.9. The summed E-state index contributed by atoms with van der Waals surface area (Å²) in [6.45, 7) is 7.06. The largest absolute Gasteiger partial charge is 0.381 e. The summed E-state index contributed by atoms with van der Waals surface area (Å²) in [5.41, 5.74) is 1.14. The molecule has 2 aromatic heterocycles. The number of aromatic nitrogens is 2. The standard InChI is InChI=1S/C18H24N4OS/c1-3-16(24-10-1)12-21-5-2-6-22(8-7-21)18-11-17(19-14-20-18)15-4-9-23-13-15/h1,3,10-11,14-15H,2,4-9,12-13H2/t15-/m1/s1. The van der Waals surface area contributed by atoms with Crippen LogP contribution < -0.4 is 4.90 Å². The van der Waals surface area contributed by atoms with E-state index in [4.69, 9.17) is 4.74 Å². The molecule has 6 heteroatoms. The number of rotatable bonds is 4. The summed E-state index contributed by atoms with van der Waals surface area (Å²) < 4.78 is 5.50. The van der Waals surface area contributed by atoms with E-state index in [2.05, 4.69) is 43.3 Å². The SMILES string of the molecule is c1csc(CN2CCCN(c3cc([C@@H]4CCOC4)ncn3)CC2)c1. The van der Waals surface area contributed by atoms with Crippen LogP contribution in [0.3, 0.4) is 0 Å². The fourth-order valence-corrected chi connectivity index (χ4v) is 4.25. The molecular weight excluding hydrogens is 320 g/mol. The van der Waals surface area contributed by atoms with Gasteiger partial charge in [0, 0.05) is 56.2 Å². The highest BCUT2D eigenvalue weighted by Gasteiger charge is 2.21. The van der Waals surface area contributed by atoms with Crippen molar-refractivity contribution in [3.05, 3.63) is 40.5 Å². The van der Waals surface area contributed by atoms with Gasteiger partial charge in [0.05, 0.1) is 12.3 Å². The van der Waals surface area contributed by atoms with E-state index in [9.17, 15) is 0 Å². The minimum absolute atomic E-state index is 0.439. The molecular formula is C18H24N4OS. The van der Waals surface area contributed by atoms with Crippen LogP contribution in [0.4, 0.5) is 5.82 Å². The Hall–Kier alpha value is -1.50. The molecule has 0 unspecified atom stereocenters. The second kappa shape index (κ2) is 7.59. The van der Waals surface area contributed by atoms with Gasteiger partial charge in [-0.2, -0.15) is 0 Å². The molecule has 2 aliphatic heterocycles. The van der Waals surface area contributed by atoms with Crippen molar-refractivity contribution in [2.75, 3.05) is 44.3 Å². The summed E-state index contributed by atoms with van der Waals surface area (Å²) in [6.07, 6.45) is 3.97. The quantitative estimate of drug-likeness (QED) is 0.853. The van der Waals surface area contributed by atoms with Gasteiger partial charge in [0.1, 0.15) is 12.1 Å². The molecule has 4 rings (SSSR count). The smallest absolute Gasteiger partial charge is 0.132 e. The van der Waals surface area contributed by atoms with E-state index in [0.717, 1.165) is 63.9 Å². The number of hydrogen-bond acceptors (Lipinski definition) is 6. The second-order valence-corrected chi connectivity index (χ2v) is 7.59. The Labute approximate surface area is 147 Å². The van der Waals surface area contributed by atoms with E-state index >= 15 is 0 Å². The summed E-state index contributed by atoms with van der Waals surface area (Å²) in [5, 5.41) is 2.16. The minimum atomic E-state index is 0.439. The summed E-state index contributed by atoms with van der Waals surface area (Å²) in [5.74, 6) is 1.51. The lowest BCUT2D eigenvalue weighted by atomic mass is 10.0. The van der Waals surface area contributed by atoms with Crippen molar-refractivity contribution in [1.82, 2.24) is 14.9 Å². The molecule has 4 heterocycles. The van der Waals surface area contributed by atoms with E-state index < -0.39 is 0 Å². The molecule has 24 heavy (non-hydrogen) atoms. The normalized spacial score (nSPS) is 22.7. The first-order valence-electron chi connectivity index (χ1n) is 8.78. The zero-order valence-electron chi connectivity index (χ0n) is 13.9. The summed E-state index contributed by atoms with van der Waals surface area (Å²) in [4.78, 5) is 15.4. The Morgan fingerprint density at radius 1 is 1.21 bits per heavy atom. The van der Waals surface area contributed by atoms with Gasteiger partial charge in [-0.05, 0) is 24.3 Å². The van der Waals surface area contributed by atoms with Crippen molar-refractivity contribution in [2.45, 2.75) is 25.3 Å². The van der Waals surface area contributed by atoms with Crippen LogP contribution >= 0.6 is 11.3 Å². The first kappa shape index (κ1) is 16.0. The van der Waals surface area contributed by atoms with Gasteiger partial charge < -0.3 is 9.64 Å². The van der Waals surface area contributed by atoms with Gasteiger partial charge in [-0.15, -0.1) is 11.3 Å². The van der Waals surface area contributed by atoms with Crippen LogP contribution in [0.2, 0.25) is 0 Å². The summed E-state index contributed by atoms with van der Waals surface area (Å²) in [7, 11) is 0. The molecule has 2 saturated heterocycles. The fourth-order valence-electron chi connectivity index (χ4n) is 3.51. The van der Waals surface area contributed by atoms with Gasteiger partial charge >= 0.3 is 0 Å².